The SMILES string of the molecule is C#C/C=C\CC.COc1ccc(C2=Nn3c(/C=C(\Cl)CCl)nnc3SC2)cc1. The van der Waals surface area contributed by atoms with Gasteiger partial charge in [0.1, 0.15) is 5.75 Å². The number of ether oxygens (including phenoxy) is 1. The number of halogens is 2. The highest BCUT2D eigenvalue weighted by Gasteiger charge is 2.19. The molecule has 1 aromatic carbocycles. The number of hydrogen-bond acceptors (Lipinski definition) is 5. The molecular formula is C20H20Cl2N4OS. The average Bonchev–Trinajstić information content (AvgIpc) is 3.14. The van der Waals surface area contributed by atoms with E-state index in [0.29, 0.717) is 10.9 Å². The van der Waals surface area contributed by atoms with Crippen LogP contribution >= 0.6 is 35.0 Å². The van der Waals surface area contributed by atoms with Crippen molar-refractivity contribution in [2.24, 2.45) is 5.10 Å². The summed E-state index contributed by atoms with van der Waals surface area (Å²) in [7, 11) is 1.64. The summed E-state index contributed by atoms with van der Waals surface area (Å²) < 4.78 is 6.85. The molecule has 8 heteroatoms. The molecule has 0 fully saturated rings. The maximum atomic E-state index is 5.96. The number of alkyl halides is 1. The fourth-order valence-electron chi connectivity index (χ4n) is 2.12. The zero-order chi connectivity index (χ0) is 20.4. The second-order valence-corrected chi connectivity index (χ2v) is 7.11. The fraction of sp³-hybridized carbons (Fsp3) is 0.250. The summed E-state index contributed by atoms with van der Waals surface area (Å²) >= 11 is 13.2. The van der Waals surface area contributed by atoms with Gasteiger partial charge in [0.15, 0.2) is 5.82 Å². The molecule has 28 heavy (non-hydrogen) atoms. The Kier molecular flexibility index (Phi) is 9.15. The third kappa shape index (κ3) is 6.16. The monoisotopic (exact) mass is 434 g/mol. The highest BCUT2D eigenvalue weighted by molar-refractivity contribution is 7.99. The topological polar surface area (TPSA) is 52.3 Å². The number of fused-ring (bicyclic) bond motifs is 1. The number of hydrogen-bond donors (Lipinski definition) is 0. The summed E-state index contributed by atoms with van der Waals surface area (Å²) in [6.07, 6.45) is 11.2. The van der Waals surface area contributed by atoms with E-state index in [0.717, 1.165) is 34.4 Å². The van der Waals surface area contributed by atoms with Crippen LogP contribution in [0.5, 0.6) is 5.75 Å². The molecule has 0 spiro atoms. The molecule has 0 unspecified atom stereocenters. The molecule has 2 aromatic rings. The van der Waals surface area contributed by atoms with Crippen LogP contribution in [0.15, 0.2) is 51.7 Å². The van der Waals surface area contributed by atoms with E-state index in [-0.39, 0.29) is 5.88 Å². The van der Waals surface area contributed by atoms with E-state index >= 15 is 0 Å². The molecule has 0 N–H and O–H groups in total. The molecule has 1 aliphatic heterocycles. The Bertz CT molecular complexity index is 911. The first-order chi connectivity index (χ1) is 13.6. The van der Waals surface area contributed by atoms with Crippen LogP contribution in [0.4, 0.5) is 0 Å². The summed E-state index contributed by atoms with van der Waals surface area (Å²) in [5.74, 6) is 4.73. The zero-order valence-electron chi connectivity index (χ0n) is 15.6. The first-order valence-corrected chi connectivity index (χ1v) is 10.4. The van der Waals surface area contributed by atoms with Gasteiger partial charge in [-0.3, -0.25) is 0 Å². The predicted molar refractivity (Wildman–Crippen MR) is 118 cm³/mol. The number of nitrogens with zero attached hydrogens (tertiary/aromatic N) is 4. The number of allylic oxidation sites excluding steroid dienone is 3. The maximum absolute atomic E-state index is 5.96. The summed E-state index contributed by atoms with van der Waals surface area (Å²) in [6, 6.07) is 7.79. The quantitative estimate of drug-likeness (QED) is 0.487. The minimum atomic E-state index is 0.228. The third-order valence-electron chi connectivity index (χ3n) is 3.48. The van der Waals surface area contributed by atoms with Crippen LogP contribution in [0.2, 0.25) is 0 Å². The van der Waals surface area contributed by atoms with Crippen LogP contribution in [0.1, 0.15) is 24.7 Å². The van der Waals surface area contributed by atoms with Crippen molar-refractivity contribution in [2.75, 3.05) is 18.7 Å². The lowest BCUT2D eigenvalue weighted by atomic mass is 10.1. The van der Waals surface area contributed by atoms with Crippen LogP contribution in [0.3, 0.4) is 0 Å². The minimum Gasteiger partial charge on any atom is -0.497 e. The number of aromatic nitrogens is 3. The van der Waals surface area contributed by atoms with Crippen molar-refractivity contribution < 1.29 is 4.74 Å². The Morgan fingerprint density at radius 3 is 2.68 bits per heavy atom. The molecule has 1 aliphatic rings. The Labute approximate surface area is 179 Å². The molecule has 0 atom stereocenters. The van der Waals surface area contributed by atoms with E-state index < -0.39 is 0 Å². The first-order valence-electron chi connectivity index (χ1n) is 8.46. The van der Waals surface area contributed by atoms with Crippen molar-refractivity contribution >= 4 is 46.8 Å². The van der Waals surface area contributed by atoms with Gasteiger partial charge < -0.3 is 4.74 Å². The number of methoxy groups -OCH3 is 1. The Morgan fingerprint density at radius 2 is 2.11 bits per heavy atom. The van der Waals surface area contributed by atoms with E-state index in [4.69, 9.17) is 34.4 Å². The molecule has 0 amide bonds. The summed E-state index contributed by atoms with van der Waals surface area (Å²) in [5.41, 5.74) is 1.97. The fourth-order valence-corrected chi connectivity index (χ4v) is 3.14. The predicted octanol–water partition coefficient (Wildman–Crippen LogP) is 5.05. The van der Waals surface area contributed by atoms with Crippen molar-refractivity contribution in [3.63, 3.8) is 0 Å². The smallest absolute Gasteiger partial charge is 0.212 e. The molecule has 146 valence electrons. The van der Waals surface area contributed by atoms with Crippen molar-refractivity contribution in [2.45, 2.75) is 18.5 Å². The molecule has 2 heterocycles. The molecule has 5 nitrogen and oxygen atoms in total. The van der Waals surface area contributed by atoms with Crippen LogP contribution in [0.25, 0.3) is 6.08 Å². The number of terminal acetylenes is 1. The lowest BCUT2D eigenvalue weighted by Crippen LogP contribution is -2.13. The van der Waals surface area contributed by atoms with Gasteiger partial charge in [-0.25, -0.2) is 0 Å². The van der Waals surface area contributed by atoms with Gasteiger partial charge in [-0.1, -0.05) is 42.3 Å². The van der Waals surface area contributed by atoms with Crippen LogP contribution in [-0.4, -0.2) is 39.3 Å². The number of thioether (sulfide) groups is 1. The second kappa shape index (κ2) is 11.6. The highest BCUT2D eigenvalue weighted by atomic mass is 35.5. The van der Waals surface area contributed by atoms with E-state index in [2.05, 4.69) is 21.2 Å². The minimum absolute atomic E-state index is 0.228. The normalized spacial score (nSPS) is 13.2. The van der Waals surface area contributed by atoms with E-state index in [1.807, 2.05) is 37.3 Å². The molecule has 3 rings (SSSR count). The van der Waals surface area contributed by atoms with Crippen LogP contribution in [-0.2, 0) is 0 Å². The molecule has 0 saturated carbocycles. The first kappa shape index (κ1) is 22.1. The summed E-state index contributed by atoms with van der Waals surface area (Å²) in [4.78, 5) is 0. The second-order valence-electron chi connectivity index (χ2n) is 5.42. The van der Waals surface area contributed by atoms with Gasteiger partial charge in [0.25, 0.3) is 0 Å². The van der Waals surface area contributed by atoms with E-state index in [1.165, 1.54) is 0 Å². The maximum Gasteiger partial charge on any atom is 0.212 e. The lowest BCUT2D eigenvalue weighted by Gasteiger charge is -2.13. The van der Waals surface area contributed by atoms with Gasteiger partial charge >= 0.3 is 0 Å². The van der Waals surface area contributed by atoms with Crippen molar-refractivity contribution in [3.8, 4) is 18.1 Å². The summed E-state index contributed by atoms with van der Waals surface area (Å²) in [6.45, 7) is 2.05. The third-order valence-corrected chi connectivity index (χ3v) is 5.08. The van der Waals surface area contributed by atoms with Gasteiger partial charge in [0, 0.05) is 16.9 Å². The van der Waals surface area contributed by atoms with Gasteiger partial charge in [-0.05, 0) is 42.3 Å². The van der Waals surface area contributed by atoms with Crippen LogP contribution < -0.4 is 4.74 Å². The molecule has 0 radical (unpaired) electrons. The Morgan fingerprint density at radius 1 is 1.36 bits per heavy atom. The van der Waals surface area contributed by atoms with Gasteiger partial charge in [-0.2, -0.15) is 9.78 Å². The van der Waals surface area contributed by atoms with E-state index in [9.17, 15) is 0 Å². The molecule has 0 bridgehead atoms. The number of rotatable bonds is 5. The number of benzene rings is 1. The molecule has 1 aromatic heterocycles. The molecule has 0 saturated heterocycles. The largest absolute Gasteiger partial charge is 0.497 e. The lowest BCUT2D eigenvalue weighted by molar-refractivity contribution is 0.415. The van der Waals surface area contributed by atoms with Crippen molar-refractivity contribution in [3.05, 3.63) is 52.8 Å². The van der Waals surface area contributed by atoms with Crippen molar-refractivity contribution in [1.29, 1.82) is 0 Å². The van der Waals surface area contributed by atoms with Gasteiger partial charge in [0.2, 0.25) is 5.16 Å². The molecule has 0 aliphatic carbocycles. The molecular weight excluding hydrogens is 415 g/mol. The van der Waals surface area contributed by atoms with E-state index in [1.54, 1.807) is 35.7 Å². The van der Waals surface area contributed by atoms with Crippen molar-refractivity contribution in [1.82, 2.24) is 14.9 Å². The Hall–Kier alpha value is -2.20. The average molecular weight is 435 g/mol. The van der Waals surface area contributed by atoms with Gasteiger partial charge in [-0.15, -0.1) is 28.2 Å². The Balaban J connectivity index is 0.000000409. The summed E-state index contributed by atoms with van der Waals surface area (Å²) in [5, 5.41) is 14.0. The highest BCUT2D eigenvalue weighted by Crippen LogP contribution is 2.25. The standard InChI is InChI=1S/C14H12Cl2N4OS.C6H8/c1-21-11-4-2-9(3-5-11)12-8-22-14-18-17-13(20(14)19-12)6-10(16)7-15;1-3-5-6-4-2/h2-6H,7-8H2,1H3;1,5-6H,4H2,2H3/b10-6-;6-5-. The van der Waals surface area contributed by atoms with Crippen LogP contribution in [0, 0.1) is 12.3 Å². The zero-order valence-corrected chi connectivity index (χ0v) is 17.9. The van der Waals surface area contributed by atoms with Gasteiger partial charge in [0.05, 0.1) is 18.7 Å².